The molecule has 1 aromatic carbocycles. The first-order chi connectivity index (χ1) is 13.2. The van der Waals surface area contributed by atoms with Gasteiger partial charge in [0.2, 0.25) is 11.8 Å². The molecule has 0 bridgehead atoms. The van der Waals surface area contributed by atoms with E-state index in [1.54, 1.807) is 22.2 Å². The van der Waals surface area contributed by atoms with E-state index in [1.165, 1.54) is 22.7 Å². The molecule has 2 aromatic heterocycles. The van der Waals surface area contributed by atoms with Gasteiger partial charge in [-0.15, -0.1) is 22.7 Å². The van der Waals surface area contributed by atoms with E-state index >= 15 is 0 Å². The molecule has 1 saturated heterocycles. The molecule has 138 valence electrons. The fourth-order valence-electron chi connectivity index (χ4n) is 3.18. The van der Waals surface area contributed by atoms with Gasteiger partial charge >= 0.3 is 0 Å². The SMILES string of the molecule is O=C(C1CC(=O)N(c2nccs2)C1)N(Cc1ccccc1)Cc1nccs1. The number of carbonyl (C=O) groups is 2. The number of rotatable bonds is 6. The molecule has 27 heavy (non-hydrogen) atoms. The molecule has 0 radical (unpaired) electrons. The lowest BCUT2D eigenvalue weighted by molar-refractivity contribution is -0.137. The topological polar surface area (TPSA) is 66.4 Å². The van der Waals surface area contributed by atoms with Gasteiger partial charge in [-0.05, 0) is 5.56 Å². The van der Waals surface area contributed by atoms with Crippen molar-refractivity contribution in [3.05, 3.63) is 64.1 Å². The number of benzene rings is 1. The van der Waals surface area contributed by atoms with Crippen molar-refractivity contribution in [1.29, 1.82) is 0 Å². The van der Waals surface area contributed by atoms with Crippen LogP contribution in [0.2, 0.25) is 0 Å². The molecular formula is C19H18N4O2S2. The minimum atomic E-state index is -0.356. The zero-order valence-electron chi connectivity index (χ0n) is 14.5. The minimum absolute atomic E-state index is 0.0125. The molecule has 3 aromatic rings. The quantitative estimate of drug-likeness (QED) is 0.640. The molecule has 3 heterocycles. The van der Waals surface area contributed by atoms with Crippen molar-refractivity contribution < 1.29 is 9.59 Å². The Morgan fingerprint density at radius 3 is 2.59 bits per heavy atom. The number of hydrogen-bond donors (Lipinski definition) is 0. The Balaban J connectivity index is 1.52. The Labute approximate surface area is 165 Å². The number of thiazole rings is 2. The Bertz CT molecular complexity index is 897. The number of hydrogen-bond acceptors (Lipinski definition) is 6. The number of aromatic nitrogens is 2. The molecule has 1 aliphatic rings. The summed E-state index contributed by atoms with van der Waals surface area (Å²) in [7, 11) is 0. The van der Waals surface area contributed by atoms with Crippen LogP contribution in [0.3, 0.4) is 0 Å². The van der Waals surface area contributed by atoms with Crippen molar-refractivity contribution in [2.75, 3.05) is 11.4 Å². The van der Waals surface area contributed by atoms with Crippen molar-refractivity contribution in [2.24, 2.45) is 5.92 Å². The van der Waals surface area contributed by atoms with Gasteiger partial charge in [0.1, 0.15) is 5.01 Å². The van der Waals surface area contributed by atoms with Crippen LogP contribution in [0.5, 0.6) is 0 Å². The molecule has 1 fully saturated rings. The fraction of sp³-hybridized carbons (Fsp3) is 0.263. The monoisotopic (exact) mass is 398 g/mol. The van der Waals surface area contributed by atoms with E-state index in [0.717, 1.165) is 10.6 Å². The molecule has 2 amide bonds. The third-order valence-corrected chi connectivity index (χ3v) is 6.02. The van der Waals surface area contributed by atoms with Gasteiger partial charge in [-0.2, -0.15) is 0 Å². The first-order valence-corrected chi connectivity index (χ1v) is 10.4. The van der Waals surface area contributed by atoms with Crippen molar-refractivity contribution in [3.8, 4) is 0 Å². The highest BCUT2D eigenvalue weighted by molar-refractivity contribution is 7.13. The van der Waals surface area contributed by atoms with Crippen LogP contribution < -0.4 is 4.90 Å². The number of nitrogens with zero attached hydrogens (tertiary/aromatic N) is 4. The van der Waals surface area contributed by atoms with Crippen LogP contribution in [-0.2, 0) is 22.7 Å². The van der Waals surface area contributed by atoms with Crippen LogP contribution in [0.1, 0.15) is 17.0 Å². The van der Waals surface area contributed by atoms with Gasteiger partial charge in [0.05, 0.1) is 12.5 Å². The van der Waals surface area contributed by atoms with Gasteiger partial charge in [0.25, 0.3) is 0 Å². The molecule has 1 unspecified atom stereocenters. The lowest BCUT2D eigenvalue weighted by Crippen LogP contribution is -2.36. The van der Waals surface area contributed by atoms with Crippen LogP contribution in [0.4, 0.5) is 5.13 Å². The number of carbonyl (C=O) groups excluding carboxylic acids is 2. The van der Waals surface area contributed by atoms with E-state index in [1.807, 2.05) is 41.1 Å². The van der Waals surface area contributed by atoms with Crippen LogP contribution >= 0.6 is 22.7 Å². The molecule has 1 aliphatic heterocycles. The van der Waals surface area contributed by atoms with E-state index in [-0.39, 0.29) is 24.2 Å². The third-order valence-electron chi connectivity index (χ3n) is 4.46. The summed E-state index contributed by atoms with van der Waals surface area (Å²) < 4.78 is 0. The highest BCUT2D eigenvalue weighted by atomic mass is 32.1. The van der Waals surface area contributed by atoms with Gasteiger partial charge in [-0.3, -0.25) is 14.5 Å². The Morgan fingerprint density at radius 2 is 1.89 bits per heavy atom. The molecule has 0 aliphatic carbocycles. The van der Waals surface area contributed by atoms with Crippen molar-refractivity contribution in [3.63, 3.8) is 0 Å². The second kappa shape index (κ2) is 7.98. The molecular weight excluding hydrogens is 380 g/mol. The molecule has 0 N–H and O–H groups in total. The number of anilines is 1. The molecule has 0 saturated carbocycles. The summed E-state index contributed by atoms with van der Waals surface area (Å²) in [6, 6.07) is 9.89. The highest BCUT2D eigenvalue weighted by Gasteiger charge is 2.38. The van der Waals surface area contributed by atoms with Gasteiger partial charge in [-0.25, -0.2) is 9.97 Å². The van der Waals surface area contributed by atoms with Crippen LogP contribution in [0, 0.1) is 5.92 Å². The van der Waals surface area contributed by atoms with E-state index in [0.29, 0.717) is 24.8 Å². The molecule has 6 nitrogen and oxygen atoms in total. The first-order valence-electron chi connectivity index (χ1n) is 8.61. The van der Waals surface area contributed by atoms with Gasteiger partial charge in [-0.1, -0.05) is 30.3 Å². The van der Waals surface area contributed by atoms with E-state index < -0.39 is 0 Å². The van der Waals surface area contributed by atoms with Crippen LogP contribution in [0.25, 0.3) is 0 Å². The van der Waals surface area contributed by atoms with Gasteiger partial charge in [0.15, 0.2) is 5.13 Å². The normalized spacial score (nSPS) is 16.7. The minimum Gasteiger partial charge on any atom is -0.331 e. The largest absolute Gasteiger partial charge is 0.331 e. The average molecular weight is 399 g/mol. The molecule has 1 atom stereocenters. The van der Waals surface area contributed by atoms with E-state index in [2.05, 4.69) is 9.97 Å². The Hall–Kier alpha value is -2.58. The zero-order valence-corrected chi connectivity index (χ0v) is 16.2. The Kier molecular flexibility index (Phi) is 5.26. The lowest BCUT2D eigenvalue weighted by Gasteiger charge is -2.25. The first kappa shape index (κ1) is 17.8. The van der Waals surface area contributed by atoms with Gasteiger partial charge < -0.3 is 4.90 Å². The predicted octanol–water partition coefficient (Wildman–Crippen LogP) is 3.18. The Morgan fingerprint density at radius 1 is 1.11 bits per heavy atom. The smallest absolute Gasteiger partial charge is 0.229 e. The molecule has 4 rings (SSSR count). The summed E-state index contributed by atoms with van der Waals surface area (Å²) in [5, 5.41) is 5.29. The average Bonchev–Trinajstić information content (AvgIpc) is 3.43. The van der Waals surface area contributed by atoms with Crippen molar-refractivity contribution in [1.82, 2.24) is 14.9 Å². The lowest BCUT2D eigenvalue weighted by atomic mass is 10.1. The predicted molar refractivity (Wildman–Crippen MR) is 105 cm³/mol. The maximum absolute atomic E-state index is 13.2. The summed E-state index contributed by atoms with van der Waals surface area (Å²) >= 11 is 2.94. The summed E-state index contributed by atoms with van der Waals surface area (Å²) in [6.07, 6.45) is 3.64. The van der Waals surface area contributed by atoms with Crippen LogP contribution in [-0.4, -0.2) is 33.2 Å². The summed E-state index contributed by atoms with van der Waals surface area (Å²) in [5.74, 6) is -0.413. The fourth-order valence-corrected chi connectivity index (χ4v) is 4.47. The van der Waals surface area contributed by atoms with E-state index in [9.17, 15) is 9.59 Å². The maximum Gasteiger partial charge on any atom is 0.229 e. The van der Waals surface area contributed by atoms with Gasteiger partial charge in [0, 0.05) is 42.7 Å². The summed E-state index contributed by atoms with van der Waals surface area (Å²) in [6.45, 7) is 1.34. The number of amides is 2. The maximum atomic E-state index is 13.2. The summed E-state index contributed by atoms with van der Waals surface area (Å²) in [5.41, 5.74) is 1.06. The zero-order chi connectivity index (χ0) is 18.6. The van der Waals surface area contributed by atoms with Crippen LogP contribution in [0.15, 0.2) is 53.5 Å². The second-order valence-corrected chi connectivity index (χ2v) is 8.18. The van der Waals surface area contributed by atoms with Crippen molar-refractivity contribution >= 4 is 39.6 Å². The third kappa shape index (κ3) is 4.06. The molecule has 8 heteroatoms. The standard InChI is InChI=1S/C19H18N4O2S2/c24-17-10-15(12-23(17)19-21-7-9-27-19)18(25)22(13-16-20-6-8-26-16)11-14-4-2-1-3-5-14/h1-9,15H,10-13H2. The second-order valence-electron chi connectivity index (χ2n) is 6.33. The molecule has 0 spiro atoms. The van der Waals surface area contributed by atoms with E-state index in [4.69, 9.17) is 0 Å². The summed E-state index contributed by atoms with van der Waals surface area (Å²) in [4.78, 5) is 37.6. The highest BCUT2D eigenvalue weighted by Crippen LogP contribution is 2.28. The van der Waals surface area contributed by atoms with Crippen molar-refractivity contribution in [2.45, 2.75) is 19.5 Å².